The molecule has 0 spiro atoms. The van der Waals surface area contributed by atoms with Crippen LogP contribution in [0.5, 0.6) is 0 Å². The van der Waals surface area contributed by atoms with E-state index in [2.05, 4.69) is 10.0 Å². The Balaban J connectivity index is 1.76. The van der Waals surface area contributed by atoms with Crippen molar-refractivity contribution in [2.75, 3.05) is 31.1 Å². The predicted octanol–water partition coefficient (Wildman–Crippen LogP) is -0.127. The van der Waals surface area contributed by atoms with E-state index in [1.165, 1.54) is 0 Å². The first-order valence-corrected chi connectivity index (χ1v) is 10.7. The highest BCUT2D eigenvalue weighted by Gasteiger charge is 2.32. The van der Waals surface area contributed by atoms with Crippen LogP contribution in [0.4, 0.5) is 0 Å². The summed E-state index contributed by atoms with van der Waals surface area (Å²) in [5.74, 6) is 0.752. The van der Waals surface area contributed by atoms with Crippen LogP contribution in [0.3, 0.4) is 0 Å². The molecule has 2 N–H and O–H groups in total. The van der Waals surface area contributed by atoms with Gasteiger partial charge in [-0.2, -0.15) is 0 Å². The summed E-state index contributed by atoms with van der Waals surface area (Å²) in [6.07, 6.45) is 3.91. The van der Waals surface area contributed by atoms with E-state index in [0.29, 0.717) is 25.2 Å². The van der Waals surface area contributed by atoms with Gasteiger partial charge >= 0.3 is 0 Å². The number of piperidine rings is 1. The van der Waals surface area contributed by atoms with Crippen LogP contribution < -0.4 is 10.0 Å². The van der Waals surface area contributed by atoms with Gasteiger partial charge in [0.25, 0.3) is 0 Å². The van der Waals surface area contributed by atoms with Crippen molar-refractivity contribution in [1.82, 2.24) is 10.0 Å². The first-order valence-electron chi connectivity index (χ1n) is 7.29. The number of sulfonamides is 1. The first kappa shape index (κ1) is 16.2. The molecule has 6 nitrogen and oxygen atoms in total. The van der Waals surface area contributed by atoms with Gasteiger partial charge in [0.2, 0.25) is 10.0 Å². The van der Waals surface area contributed by atoms with Gasteiger partial charge in [-0.25, -0.2) is 21.6 Å². The van der Waals surface area contributed by atoms with Crippen LogP contribution in [0.25, 0.3) is 0 Å². The van der Waals surface area contributed by atoms with Gasteiger partial charge in [-0.3, -0.25) is 0 Å². The standard InChI is InChI=1S/C12H24N2O4S2/c15-19(16)8-1-2-12(19)10-14-20(17,18)9-5-11-3-6-13-7-4-11/h11-14H,1-10H2. The molecule has 2 rings (SSSR count). The summed E-state index contributed by atoms with van der Waals surface area (Å²) in [6.45, 7) is 1.95. The van der Waals surface area contributed by atoms with Crippen molar-refractivity contribution in [2.45, 2.75) is 37.4 Å². The number of hydrogen-bond donors (Lipinski definition) is 2. The van der Waals surface area contributed by atoms with Crippen LogP contribution in [0.2, 0.25) is 0 Å². The smallest absolute Gasteiger partial charge is 0.211 e. The third-order valence-electron chi connectivity index (χ3n) is 4.25. The number of rotatable bonds is 6. The fourth-order valence-corrected chi connectivity index (χ4v) is 5.99. The molecule has 2 saturated heterocycles. The average Bonchev–Trinajstić information content (AvgIpc) is 2.75. The lowest BCUT2D eigenvalue weighted by molar-refractivity contribution is 0.365. The van der Waals surface area contributed by atoms with E-state index in [4.69, 9.17) is 0 Å². The molecular formula is C12H24N2O4S2. The molecule has 1 atom stereocenters. The largest absolute Gasteiger partial charge is 0.317 e. The lowest BCUT2D eigenvalue weighted by Gasteiger charge is -2.22. The summed E-state index contributed by atoms with van der Waals surface area (Å²) in [7, 11) is -6.43. The molecule has 0 aromatic carbocycles. The molecule has 20 heavy (non-hydrogen) atoms. The third kappa shape index (κ3) is 4.68. The highest BCUT2D eigenvalue weighted by atomic mass is 32.2. The molecule has 2 aliphatic heterocycles. The molecule has 2 heterocycles. The van der Waals surface area contributed by atoms with Gasteiger partial charge in [0.15, 0.2) is 9.84 Å². The summed E-state index contributed by atoms with van der Waals surface area (Å²) in [6, 6.07) is 0. The molecule has 8 heteroatoms. The minimum absolute atomic E-state index is 0.0386. The van der Waals surface area contributed by atoms with E-state index in [-0.39, 0.29) is 18.1 Å². The van der Waals surface area contributed by atoms with Crippen molar-refractivity contribution in [3.8, 4) is 0 Å². The fourth-order valence-electron chi connectivity index (χ4n) is 2.87. The molecule has 0 bridgehead atoms. The van der Waals surface area contributed by atoms with Crippen LogP contribution in [-0.4, -0.2) is 53.2 Å². The van der Waals surface area contributed by atoms with Crippen LogP contribution in [0.1, 0.15) is 32.1 Å². The zero-order valence-electron chi connectivity index (χ0n) is 11.7. The van der Waals surface area contributed by atoms with Crippen LogP contribution in [0.15, 0.2) is 0 Å². The Morgan fingerprint density at radius 2 is 1.85 bits per heavy atom. The Labute approximate surface area is 121 Å². The quantitative estimate of drug-likeness (QED) is 0.710. The molecule has 1 unspecified atom stereocenters. The average molecular weight is 324 g/mol. The Hall–Kier alpha value is -0.180. The molecule has 0 aromatic rings. The zero-order valence-corrected chi connectivity index (χ0v) is 13.3. The van der Waals surface area contributed by atoms with Gasteiger partial charge < -0.3 is 5.32 Å². The zero-order chi connectivity index (χ0) is 14.6. The van der Waals surface area contributed by atoms with Crippen molar-refractivity contribution < 1.29 is 16.8 Å². The third-order valence-corrected chi connectivity index (χ3v) is 7.90. The van der Waals surface area contributed by atoms with Crippen molar-refractivity contribution in [1.29, 1.82) is 0 Å². The Morgan fingerprint density at radius 3 is 2.45 bits per heavy atom. The monoisotopic (exact) mass is 324 g/mol. The van der Waals surface area contributed by atoms with Gasteiger partial charge in [0, 0.05) is 6.54 Å². The number of sulfone groups is 1. The topological polar surface area (TPSA) is 92.3 Å². The highest BCUT2D eigenvalue weighted by molar-refractivity contribution is 7.92. The van der Waals surface area contributed by atoms with Crippen molar-refractivity contribution >= 4 is 19.9 Å². The van der Waals surface area contributed by atoms with E-state index >= 15 is 0 Å². The van der Waals surface area contributed by atoms with E-state index < -0.39 is 25.1 Å². The van der Waals surface area contributed by atoms with E-state index in [0.717, 1.165) is 25.9 Å². The second-order valence-corrected chi connectivity index (χ2v) is 10.1. The van der Waals surface area contributed by atoms with Crippen molar-refractivity contribution in [2.24, 2.45) is 5.92 Å². The molecule has 0 amide bonds. The maximum atomic E-state index is 11.9. The van der Waals surface area contributed by atoms with Gasteiger partial charge in [0.1, 0.15) is 0 Å². The normalized spacial score (nSPS) is 27.7. The lowest BCUT2D eigenvalue weighted by atomic mass is 9.96. The summed E-state index contributed by atoms with van der Waals surface area (Å²) in [4.78, 5) is 0. The molecule has 0 aliphatic carbocycles. The second kappa shape index (κ2) is 6.72. The summed E-state index contributed by atoms with van der Waals surface area (Å²) in [5, 5.41) is 2.72. The summed E-state index contributed by atoms with van der Waals surface area (Å²) < 4.78 is 49.6. The lowest BCUT2D eigenvalue weighted by Crippen LogP contribution is -2.36. The predicted molar refractivity (Wildman–Crippen MR) is 78.8 cm³/mol. The molecule has 2 aliphatic rings. The van der Waals surface area contributed by atoms with Crippen LogP contribution in [0, 0.1) is 5.92 Å². The van der Waals surface area contributed by atoms with Gasteiger partial charge in [-0.15, -0.1) is 0 Å². The number of nitrogens with one attached hydrogen (secondary N) is 2. The van der Waals surface area contributed by atoms with Gasteiger partial charge in [-0.05, 0) is 51.1 Å². The Bertz CT molecular complexity index is 510. The minimum Gasteiger partial charge on any atom is -0.317 e. The van der Waals surface area contributed by atoms with Crippen molar-refractivity contribution in [3.05, 3.63) is 0 Å². The fraction of sp³-hybridized carbons (Fsp3) is 1.00. The molecular weight excluding hydrogens is 300 g/mol. The molecule has 118 valence electrons. The van der Waals surface area contributed by atoms with E-state index in [9.17, 15) is 16.8 Å². The molecule has 0 saturated carbocycles. The van der Waals surface area contributed by atoms with Crippen molar-refractivity contribution in [3.63, 3.8) is 0 Å². The van der Waals surface area contributed by atoms with Crippen LogP contribution >= 0.6 is 0 Å². The first-order chi connectivity index (χ1) is 9.39. The summed E-state index contributed by atoms with van der Waals surface area (Å²) >= 11 is 0. The maximum Gasteiger partial charge on any atom is 0.211 e. The molecule has 2 fully saturated rings. The maximum absolute atomic E-state index is 11.9. The SMILES string of the molecule is O=S(=O)(CCC1CCNCC1)NCC1CCCS1(=O)=O. The van der Waals surface area contributed by atoms with Gasteiger partial charge in [0.05, 0.1) is 16.8 Å². The summed E-state index contributed by atoms with van der Waals surface area (Å²) in [5.41, 5.74) is 0. The highest BCUT2D eigenvalue weighted by Crippen LogP contribution is 2.20. The Kier molecular flexibility index (Phi) is 5.44. The molecule has 0 aromatic heterocycles. The second-order valence-electron chi connectivity index (χ2n) is 5.78. The van der Waals surface area contributed by atoms with Crippen LogP contribution in [-0.2, 0) is 19.9 Å². The molecule has 0 radical (unpaired) electrons. The van der Waals surface area contributed by atoms with E-state index in [1.54, 1.807) is 0 Å². The van der Waals surface area contributed by atoms with Gasteiger partial charge in [-0.1, -0.05) is 0 Å². The Morgan fingerprint density at radius 1 is 1.15 bits per heavy atom. The van der Waals surface area contributed by atoms with E-state index in [1.807, 2.05) is 0 Å². The number of hydrogen-bond acceptors (Lipinski definition) is 5. The minimum atomic E-state index is -3.35.